The zero-order valence-corrected chi connectivity index (χ0v) is 31.7. The van der Waals surface area contributed by atoms with Crippen molar-refractivity contribution >= 4 is 11.6 Å². The van der Waals surface area contributed by atoms with E-state index in [9.17, 15) is 4.79 Å². The van der Waals surface area contributed by atoms with Gasteiger partial charge in [-0.3, -0.25) is 4.79 Å². The number of ether oxygens (including phenoxy) is 1. The molecule has 0 aliphatic carbocycles. The third-order valence-corrected chi connectivity index (χ3v) is 8.76. The van der Waals surface area contributed by atoms with Gasteiger partial charge in [-0.2, -0.15) is 0 Å². The Morgan fingerprint density at radius 2 is 1.26 bits per heavy atom. The molecule has 0 saturated carbocycles. The van der Waals surface area contributed by atoms with Gasteiger partial charge in [0.2, 0.25) is 0 Å². The number of carbonyl (C=O) groups is 1. The molecule has 5 heteroatoms. The first kappa shape index (κ1) is 39.8. The van der Waals surface area contributed by atoms with Gasteiger partial charge in [-0.15, -0.1) is 0 Å². The Labute approximate surface area is 298 Å². The quantitative estimate of drug-likeness (QED) is 0.0631. The first-order valence-corrected chi connectivity index (χ1v) is 18.0. The van der Waals surface area contributed by atoms with Crippen molar-refractivity contribution in [1.29, 1.82) is 0 Å². The number of aryl methyl sites for hydroxylation is 1. The Hall–Kier alpha value is -2.41. The highest BCUT2D eigenvalue weighted by Crippen LogP contribution is 2.33. The molecule has 0 atom stereocenters. The number of hydrogen-bond acceptors (Lipinski definition) is 2. The lowest BCUT2D eigenvalue weighted by Gasteiger charge is -2.26. The van der Waals surface area contributed by atoms with Crippen LogP contribution in [0.4, 0.5) is 5.69 Å². The van der Waals surface area contributed by atoms with Crippen molar-refractivity contribution in [2.24, 2.45) is 0 Å². The smallest absolute Gasteiger partial charge is 0.259 e. The summed E-state index contributed by atoms with van der Waals surface area (Å²) < 4.78 is 8.44. The van der Waals surface area contributed by atoms with Crippen LogP contribution in [0.25, 0.3) is 0 Å². The van der Waals surface area contributed by atoms with Crippen LogP contribution >= 0.6 is 0 Å². The fourth-order valence-corrected chi connectivity index (χ4v) is 5.90. The lowest BCUT2D eigenvalue weighted by Crippen LogP contribution is -3.00. The molecule has 1 amide bonds. The number of carbonyl (C=O) groups excluding carboxylic acids is 1. The van der Waals surface area contributed by atoms with E-state index in [4.69, 9.17) is 4.74 Å². The zero-order chi connectivity index (χ0) is 32.3. The molecule has 3 rings (SSSR count). The number of para-hydroxylation sites is 1. The molecule has 0 spiro atoms. The molecule has 3 aromatic rings. The minimum atomic E-state index is -0.0738. The molecule has 1 aromatic heterocycles. The predicted molar refractivity (Wildman–Crippen MR) is 190 cm³/mol. The zero-order valence-electron chi connectivity index (χ0n) is 29.5. The van der Waals surface area contributed by atoms with Crippen molar-refractivity contribution in [3.05, 3.63) is 89.7 Å². The van der Waals surface area contributed by atoms with E-state index in [1.165, 1.54) is 89.0 Å². The Kier molecular flexibility index (Phi) is 19.2. The highest BCUT2D eigenvalue weighted by Gasteiger charge is 2.23. The van der Waals surface area contributed by atoms with E-state index in [-0.39, 0.29) is 35.3 Å². The van der Waals surface area contributed by atoms with E-state index >= 15 is 0 Å². The molecule has 254 valence electrons. The first-order valence-electron chi connectivity index (χ1n) is 18.0. The normalized spacial score (nSPS) is 11.2. The average Bonchev–Trinajstić information content (AvgIpc) is 3.05. The van der Waals surface area contributed by atoms with Gasteiger partial charge in [-0.05, 0) is 54.2 Å². The first-order chi connectivity index (χ1) is 21.8. The molecule has 0 aliphatic heterocycles. The van der Waals surface area contributed by atoms with Crippen LogP contribution in [0.5, 0.6) is 5.75 Å². The fourth-order valence-electron chi connectivity index (χ4n) is 5.90. The molecular formula is C41H61IN2O2. The minimum Gasteiger partial charge on any atom is -1.00 e. The molecule has 0 radical (unpaired) electrons. The van der Waals surface area contributed by atoms with Gasteiger partial charge in [0.1, 0.15) is 12.3 Å². The number of rotatable bonds is 21. The van der Waals surface area contributed by atoms with E-state index in [1.54, 1.807) is 0 Å². The summed E-state index contributed by atoms with van der Waals surface area (Å²) in [6.07, 6.45) is 22.9. The van der Waals surface area contributed by atoms with Crippen LogP contribution in [0, 0.1) is 0 Å². The van der Waals surface area contributed by atoms with Crippen LogP contribution < -0.4 is 38.2 Å². The number of nitrogens with zero attached hydrogens (tertiary/aromatic N) is 2. The van der Waals surface area contributed by atoms with Gasteiger partial charge < -0.3 is 33.6 Å². The molecule has 0 fully saturated rings. The molecule has 4 nitrogen and oxygen atoms in total. The van der Waals surface area contributed by atoms with E-state index in [1.807, 2.05) is 59.8 Å². The van der Waals surface area contributed by atoms with E-state index < -0.39 is 0 Å². The maximum absolute atomic E-state index is 13.8. The number of aromatic nitrogens is 1. The molecule has 0 unspecified atom stereocenters. The molecule has 46 heavy (non-hydrogen) atoms. The molecule has 0 bridgehead atoms. The number of benzene rings is 2. The Morgan fingerprint density at radius 1 is 0.717 bits per heavy atom. The average molecular weight is 741 g/mol. The summed E-state index contributed by atoms with van der Waals surface area (Å²) in [7, 11) is 0. The lowest BCUT2D eigenvalue weighted by molar-refractivity contribution is -0.693. The minimum absolute atomic E-state index is 0. The molecule has 0 saturated heterocycles. The summed E-state index contributed by atoms with van der Waals surface area (Å²) in [6.45, 7) is 13.2. The van der Waals surface area contributed by atoms with E-state index in [0.717, 1.165) is 36.6 Å². The molecule has 0 aliphatic rings. The predicted octanol–water partition coefficient (Wildman–Crippen LogP) is 8.00. The maximum atomic E-state index is 13.8. The van der Waals surface area contributed by atoms with Crippen molar-refractivity contribution in [2.75, 3.05) is 11.5 Å². The third-order valence-electron chi connectivity index (χ3n) is 8.76. The SMILES string of the molecule is CCCCCCCCCCCCCCCCOc1ccc(CN(C(=O)c2cc[n+](CC)cc2)c2ccccc2)cc1C(C)(C)C.[I-]. The van der Waals surface area contributed by atoms with Gasteiger partial charge in [0.15, 0.2) is 12.4 Å². The summed E-state index contributed by atoms with van der Waals surface area (Å²) in [4.78, 5) is 15.6. The molecule has 0 N–H and O–H groups in total. The van der Waals surface area contributed by atoms with Crippen molar-refractivity contribution in [3.63, 3.8) is 0 Å². The molecular weight excluding hydrogens is 679 g/mol. The Morgan fingerprint density at radius 3 is 1.78 bits per heavy atom. The maximum Gasteiger partial charge on any atom is 0.259 e. The van der Waals surface area contributed by atoms with Crippen LogP contribution in [0.15, 0.2) is 73.1 Å². The Bertz CT molecular complexity index is 1240. The van der Waals surface area contributed by atoms with Gasteiger partial charge in [0.05, 0.1) is 18.7 Å². The largest absolute Gasteiger partial charge is 1.00 e. The molecule has 1 heterocycles. The standard InChI is InChI=1S/C41H61N2O2.HI/c1-6-8-9-10-11-12-13-14-15-16-17-18-19-23-32-45-39-27-26-35(33-38(39)41(3,4)5)34-43(37-24-21-20-22-25-37)40(44)36-28-30-42(7-2)31-29-36;/h20-22,24-31,33H,6-19,23,32,34H2,1-5H3;1H/q+1;/p-1. The van der Waals surface area contributed by atoms with Crippen LogP contribution in [-0.2, 0) is 18.5 Å². The summed E-state index contributed by atoms with van der Waals surface area (Å²) >= 11 is 0. The fraction of sp³-hybridized carbons (Fsp3) is 0.561. The summed E-state index contributed by atoms with van der Waals surface area (Å²) in [5.74, 6) is 0.964. The summed E-state index contributed by atoms with van der Waals surface area (Å²) in [5.41, 5.74) is 3.79. The van der Waals surface area contributed by atoms with Crippen LogP contribution in [-0.4, -0.2) is 12.5 Å². The van der Waals surface area contributed by atoms with Gasteiger partial charge in [-0.1, -0.05) is 135 Å². The van der Waals surface area contributed by atoms with Crippen molar-refractivity contribution < 1.29 is 38.1 Å². The van der Waals surface area contributed by atoms with Crippen LogP contribution in [0.2, 0.25) is 0 Å². The topological polar surface area (TPSA) is 33.4 Å². The van der Waals surface area contributed by atoms with Crippen LogP contribution in [0.3, 0.4) is 0 Å². The monoisotopic (exact) mass is 740 g/mol. The number of pyridine rings is 1. The Balaban J connectivity index is 0.00000736. The number of halogens is 1. The van der Waals surface area contributed by atoms with Gasteiger partial charge in [0.25, 0.3) is 5.91 Å². The summed E-state index contributed by atoms with van der Waals surface area (Å²) in [6, 6.07) is 20.3. The third kappa shape index (κ3) is 14.1. The van der Waals surface area contributed by atoms with Gasteiger partial charge in [-0.25, -0.2) is 4.57 Å². The molecule has 2 aromatic carbocycles. The highest BCUT2D eigenvalue weighted by atomic mass is 127. The number of hydrogen-bond donors (Lipinski definition) is 0. The van der Waals surface area contributed by atoms with Gasteiger partial charge >= 0.3 is 0 Å². The van der Waals surface area contributed by atoms with Crippen LogP contribution in [0.1, 0.15) is 146 Å². The second kappa shape index (κ2) is 22.2. The second-order valence-corrected chi connectivity index (χ2v) is 13.7. The number of amides is 1. The van der Waals surface area contributed by atoms with Gasteiger partial charge in [0, 0.05) is 17.8 Å². The van der Waals surface area contributed by atoms with E-state index in [2.05, 4.69) is 57.4 Å². The highest BCUT2D eigenvalue weighted by molar-refractivity contribution is 6.05. The number of unbranched alkanes of at least 4 members (excludes halogenated alkanes) is 13. The van der Waals surface area contributed by atoms with Crippen molar-refractivity contribution in [2.45, 2.75) is 143 Å². The second-order valence-electron chi connectivity index (χ2n) is 13.7. The number of anilines is 1. The van der Waals surface area contributed by atoms with E-state index in [0.29, 0.717) is 12.1 Å². The summed E-state index contributed by atoms with van der Waals surface area (Å²) in [5, 5.41) is 0. The van der Waals surface area contributed by atoms with Crippen molar-refractivity contribution in [3.8, 4) is 5.75 Å². The van der Waals surface area contributed by atoms with Crippen molar-refractivity contribution in [1.82, 2.24) is 0 Å². The lowest BCUT2D eigenvalue weighted by atomic mass is 9.85.